The molecule has 1 saturated carbocycles. The van der Waals surface area contributed by atoms with Crippen LogP contribution in [0, 0.1) is 0 Å². The van der Waals surface area contributed by atoms with Crippen molar-refractivity contribution in [3.8, 4) is 0 Å². The smallest absolute Gasteiger partial charge is 0.241 e. The number of carbonyl (C=O) groups is 1. The van der Waals surface area contributed by atoms with E-state index in [1.54, 1.807) is 0 Å². The van der Waals surface area contributed by atoms with Crippen LogP contribution in [0.2, 0.25) is 0 Å². The summed E-state index contributed by atoms with van der Waals surface area (Å²) >= 11 is 3.51. The largest absolute Gasteiger partial charge is 0.354 e. The molecule has 122 valence electrons. The molecule has 0 bridgehead atoms. The van der Waals surface area contributed by atoms with Crippen molar-refractivity contribution in [1.29, 1.82) is 0 Å². The lowest BCUT2D eigenvalue weighted by atomic mass is 9.96. The van der Waals surface area contributed by atoms with Gasteiger partial charge in [0.1, 0.15) is 6.04 Å². The van der Waals surface area contributed by atoms with Gasteiger partial charge >= 0.3 is 0 Å². The van der Waals surface area contributed by atoms with Crippen LogP contribution < -0.4 is 11.1 Å². The minimum atomic E-state index is -0.612. The molecular weight excluding hydrogens is 376 g/mol. The van der Waals surface area contributed by atoms with E-state index >= 15 is 0 Å². The average molecular weight is 396 g/mol. The molecule has 3 rings (SSSR count). The second-order valence-electron chi connectivity index (χ2n) is 5.90. The minimum Gasteiger partial charge on any atom is -0.354 e. The first kappa shape index (κ1) is 18.0. The summed E-state index contributed by atoms with van der Waals surface area (Å²) in [5, 5.41) is 3.02. The van der Waals surface area contributed by atoms with Crippen LogP contribution in [0.4, 0.5) is 0 Å². The molecule has 1 aliphatic rings. The molecule has 1 atom stereocenters. The maximum absolute atomic E-state index is 12.3. The highest BCUT2D eigenvalue weighted by atomic mass is 79.9. The second kappa shape index (κ2) is 7.47. The van der Waals surface area contributed by atoms with Gasteiger partial charge in [-0.15, -0.1) is 12.4 Å². The predicted octanol–water partition coefficient (Wildman–Crippen LogP) is 3.72. The van der Waals surface area contributed by atoms with Crippen LogP contribution in [0.1, 0.15) is 30.0 Å². The van der Waals surface area contributed by atoms with Crippen LogP contribution >= 0.6 is 28.3 Å². The lowest BCUT2D eigenvalue weighted by Gasteiger charge is -2.19. The maximum atomic E-state index is 12.3. The van der Waals surface area contributed by atoms with E-state index in [0.29, 0.717) is 6.54 Å². The fourth-order valence-electron chi connectivity index (χ4n) is 2.71. The quantitative estimate of drug-likeness (QED) is 0.810. The fourth-order valence-corrected chi connectivity index (χ4v) is 3.11. The molecule has 2 aromatic rings. The number of halogens is 2. The monoisotopic (exact) mass is 394 g/mol. The van der Waals surface area contributed by atoms with E-state index in [0.717, 1.165) is 22.9 Å². The van der Waals surface area contributed by atoms with Gasteiger partial charge in [-0.2, -0.15) is 0 Å². The Balaban J connectivity index is 0.00000192. The summed E-state index contributed by atoms with van der Waals surface area (Å²) in [4.78, 5) is 12.3. The summed E-state index contributed by atoms with van der Waals surface area (Å²) < 4.78 is 1.07. The average Bonchev–Trinajstić information content (AvgIpc) is 3.34. The number of hydrogen-bond donors (Lipinski definition) is 2. The van der Waals surface area contributed by atoms with Crippen LogP contribution in [0.3, 0.4) is 0 Å². The first-order chi connectivity index (χ1) is 10.6. The highest BCUT2D eigenvalue weighted by Crippen LogP contribution is 2.48. The van der Waals surface area contributed by atoms with Gasteiger partial charge in [-0.05, 0) is 36.1 Å². The molecule has 2 aromatic carbocycles. The molecule has 0 radical (unpaired) electrons. The van der Waals surface area contributed by atoms with Gasteiger partial charge < -0.3 is 11.1 Å². The zero-order valence-electron chi connectivity index (χ0n) is 12.7. The molecule has 1 amide bonds. The van der Waals surface area contributed by atoms with E-state index in [-0.39, 0.29) is 23.7 Å². The Morgan fingerprint density at radius 1 is 1.17 bits per heavy atom. The summed E-state index contributed by atoms with van der Waals surface area (Å²) in [6.07, 6.45) is 2.20. The lowest BCUT2D eigenvalue weighted by molar-refractivity contribution is -0.122. The zero-order chi connectivity index (χ0) is 15.6. The molecule has 0 aromatic heterocycles. The highest BCUT2D eigenvalue weighted by molar-refractivity contribution is 9.10. The van der Waals surface area contributed by atoms with Gasteiger partial charge in [0.15, 0.2) is 0 Å². The maximum Gasteiger partial charge on any atom is 0.241 e. The van der Waals surface area contributed by atoms with Crippen LogP contribution in [0.15, 0.2) is 59.1 Å². The number of rotatable bonds is 5. The lowest BCUT2D eigenvalue weighted by Crippen LogP contribution is -2.38. The fraction of sp³-hybridized carbons (Fsp3) is 0.278. The van der Waals surface area contributed by atoms with Gasteiger partial charge in [0.25, 0.3) is 0 Å². The Kier molecular flexibility index (Phi) is 5.84. The standard InChI is InChI=1S/C18H19BrN2O.ClH/c19-15-8-4-7-14(11-15)18(9-10-18)12-21-17(22)16(20)13-5-2-1-3-6-13;/h1-8,11,16H,9-10,12,20H2,(H,21,22);1H. The summed E-state index contributed by atoms with van der Waals surface area (Å²) in [7, 11) is 0. The molecule has 1 fully saturated rings. The third kappa shape index (κ3) is 4.14. The molecule has 3 N–H and O–H groups in total. The summed E-state index contributed by atoms with van der Waals surface area (Å²) in [5.74, 6) is -0.118. The summed E-state index contributed by atoms with van der Waals surface area (Å²) in [5.41, 5.74) is 8.22. The van der Waals surface area contributed by atoms with Gasteiger partial charge in [0.05, 0.1) is 0 Å². The Labute approximate surface area is 151 Å². The Morgan fingerprint density at radius 2 is 1.87 bits per heavy atom. The van der Waals surface area contributed by atoms with Crippen LogP contribution in [0.5, 0.6) is 0 Å². The van der Waals surface area contributed by atoms with E-state index in [1.807, 2.05) is 42.5 Å². The van der Waals surface area contributed by atoms with Crippen molar-refractivity contribution < 1.29 is 4.79 Å². The molecule has 0 spiro atoms. The number of nitrogens with two attached hydrogens (primary N) is 1. The molecule has 0 heterocycles. The van der Waals surface area contributed by atoms with Crippen LogP contribution in [-0.4, -0.2) is 12.5 Å². The number of carbonyl (C=O) groups excluding carboxylic acids is 1. The molecule has 1 unspecified atom stereocenters. The van der Waals surface area contributed by atoms with Gasteiger partial charge in [-0.1, -0.05) is 58.4 Å². The first-order valence-electron chi connectivity index (χ1n) is 7.45. The Bertz CT molecular complexity index is 674. The van der Waals surface area contributed by atoms with Crippen LogP contribution in [0.25, 0.3) is 0 Å². The van der Waals surface area contributed by atoms with Crippen molar-refractivity contribution in [1.82, 2.24) is 5.32 Å². The van der Waals surface area contributed by atoms with Gasteiger partial charge in [-0.3, -0.25) is 4.79 Å². The second-order valence-corrected chi connectivity index (χ2v) is 6.81. The number of nitrogens with one attached hydrogen (secondary N) is 1. The van der Waals surface area contributed by atoms with Gasteiger partial charge in [0, 0.05) is 16.4 Å². The minimum absolute atomic E-state index is 0. The molecule has 0 saturated heterocycles. The topological polar surface area (TPSA) is 55.1 Å². The molecular formula is C18H20BrClN2O. The van der Waals surface area contributed by atoms with Gasteiger partial charge in [0.2, 0.25) is 5.91 Å². The van der Waals surface area contributed by atoms with Crippen molar-refractivity contribution in [3.63, 3.8) is 0 Å². The Morgan fingerprint density at radius 3 is 2.48 bits per heavy atom. The Hall–Kier alpha value is -1.36. The van der Waals surface area contributed by atoms with E-state index in [4.69, 9.17) is 5.73 Å². The molecule has 3 nitrogen and oxygen atoms in total. The molecule has 23 heavy (non-hydrogen) atoms. The van der Waals surface area contributed by atoms with E-state index in [2.05, 4.69) is 33.4 Å². The van der Waals surface area contributed by atoms with E-state index < -0.39 is 6.04 Å². The van der Waals surface area contributed by atoms with Crippen molar-refractivity contribution in [2.75, 3.05) is 6.54 Å². The number of hydrogen-bond acceptors (Lipinski definition) is 2. The van der Waals surface area contributed by atoms with Crippen molar-refractivity contribution in [2.45, 2.75) is 24.3 Å². The molecule has 0 aliphatic heterocycles. The summed E-state index contributed by atoms with van der Waals surface area (Å²) in [6.45, 7) is 0.642. The molecule has 1 aliphatic carbocycles. The van der Waals surface area contributed by atoms with Crippen molar-refractivity contribution in [2.24, 2.45) is 5.73 Å². The third-order valence-corrected chi connectivity index (χ3v) is 4.83. The predicted molar refractivity (Wildman–Crippen MR) is 98.7 cm³/mol. The van der Waals surface area contributed by atoms with E-state index in [1.165, 1.54) is 5.56 Å². The highest BCUT2D eigenvalue weighted by Gasteiger charge is 2.44. The van der Waals surface area contributed by atoms with Gasteiger partial charge in [-0.25, -0.2) is 0 Å². The van der Waals surface area contributed by atoms with Crippen molar-refractivity contribution in [3.05, 3.63) is 70.2 Å². The normalized spacial score (nSPS) is 16.1. The van der Waals surface area contributed by atoms with Crippen LogP contribution in [-0.2, 0) is 10.2 Å². The third-order valence-electron chi connectivity index (χ3n) is 4.33. The number of benzene rings is 2. The van der Waals surface area contributed by atoms with Crippen molar-refractivity contribution >= 4 is 34.2 Å². The SMILES string of the molecule is Cl.NC(C(=O)NCC1(c2cccc(Br)c2)CC1)c1ccccc1. The zero-order valence-corrected chi connectivity index (χ0v) is 15.1. The summed E-state index contributed by atoms with van der Waals surface area (Å²) in [6, 6.07) is 17.2. The molecule has 5 heteroatoms. The number of amides is 1. The van der Waals surface area contributed by atoms with E-state index in [9.17, 15) is 4.79 Å². The first-order valence-corrected chi connectivity index (χ1v) is 8.24.